The first kappa shape index (κ1) is 21.9. The van der Waals surface area contributed by atoms with Crippen molar-refractivity contribution in [2.45, 2.75) is 26.6 Å². The highest BCUT2D eigenvalue weighted by Crippen LogP contribution is 2.22. The summed E-state index contributed by atoms with van der Waals surface area (Å²) >= 11 is 0. The highest BCUT2D eigenvalue weighted by atomic mass is 16.5. The number of hydrogen-bond donors (Lipinski definition) is 2. The van der Waals surface area contributed by atoms with E-state index < -0.39 is 0 Å². The molecule has 1 aliphatic heterocycles. The van der Waals surface area contributed by atoms with Crippen molar-refractivity contribution in [1.82, 2.24) is 20.4 Å². The maximum absolute atomic E-state index is 5.51. The number of anilines is 1. The maximum atomic E-state index is 5.51. The molecule has 1 aromatic heterocycles. The molecule has 1 aliphatic rings. The molecule has 0 aliphatic carbocycles. The number of nitrogens with zero attached hydrogens (tertiary/aromatic N) is 4. The van der Waals surface area contributed by atoms with Gasteiger partial charge in [-0.15, -0.1) is 0 Å². The molecular formula is C25H32N6O. The van der Waals surface area contributed by atoms with E-state index in [4.69, 9.17) is 9.73 Å². The van der Waals surface area contributed by atoms with E-state index in [0.717, 1.165) is 45.4 Å². The lowest BCUT2D eigenvalue weighted by Gasteiger charge is -2.30. The third kappa shape index (κ3) is 5.88. The molecule has 0 spiro atoms. The van der Waals surface area contributed by atoms with Crippen molar-refractivity contribution >= 4 is 11.6 Å². The van der Waals surface area contributed by atoms with E-state index in [0.29, 0.717) is 13.1 Å². The minimum absolute atomic E-state index is 0.623. The lowest BCUT2D eigenvalue weighted by atomic mass is 10.1. The molecule has 0 bridgehead atoms. The van der Waals surface area contributed by atoms with Crippen molar-refractivity contribution in [3.8, 4) is 0 Å². The third-order valence-electron chi connectivity index (χ3n) is 5.55. The monoisotopic (exact) mass is 432 g/mol. The SMILES string of the molecule is CCNC(=NCc1ccccc1N1CCOCC1)NCc1ccccc1Cn1cccn1. The van der Waals surface area contributed by atoms with Crippen LogP contribution in [-0.4, -0.2) is 48.6 Å². The van der Waals surface area contributed by atoms with Crippen LogP contribution >= 0.6 is 0 Å². The third-order valence-corrected chi connectivity index (χ3v) is 5.55. The number of para-hydroxylation sites is 1. The van der Waals surface area contributed by atoms with Crippen LogP contribution in [0.1, 0.15) is 23.6 Å². The summed E-state index contributed by atoms with van der Waals surface area (Å²) in [4.78, 5) is 7.27. The average Bonchev–Trinajstić information content (AvgIpc) is 3.36. The van der Waals surface area contributed by atoms with Crippen molar-refractivity contribution in [2.75, 3.05) is 37.7 Å². The summed E-state index contributed by atoms with van der Waals surface area (Å²) in [5, 5.41) is 11.2. The molecule has 7 heteroatoms. The average molecular weight is 433 g/mol. The summed E-state index contributed by atoms with van der Waals surface area (Å²) in [7, 11) is 0. The highest BCUT2D eigenvalue weighted by molar-refractivity contribution is 5.79. The quantitative estimate of drug-likeness (QED) is 0.423. The topological polar surface area (TPSA) is 66.7 Å². The zero-order valence-corrected chi connectivity index (χ0v) is 18.7. The van der Waals surface area contributed by atoms with Crippen molar-refractivity contribution in [1.29, 1.82) is 0 Å². The standard InChI is InChI=1S/C25H32N6O/c1-2-26-25(27-18-21-8-3-4-10-23(21)20-31-13-7-12-29-31)28-19-22-9-5-6-11-24(22)30-14-16-32-17-15-30/h3-13H,2,14-20H2,1H3,(H2,26,27,28). The van der Waals surface area contributed by atoms with E-state index in [2.05, 4.69) is 76.1 Å². The van der Waals surface area contributed by atoms with Crippen LogP contribution in [0.3, 0.4) is 0 Å². The smallest absolute Gasteiger partial charge is 0.191 e. The van der Waals surface area contributed by atoms with Gasteiger partial charge in [-0.3, -0.25) is 4.68 Å². The number of aromatic nitrogens is 2. The predicted molar refractivity (Wildman–Crippen MR) is 129 cm³/mol. The summed E-state index contributed by atoms with van der Waals surface area (Å²) in [6.07, 6.45) is 3.80. The van der Waals surface area contributed by atoms with Crippen LogP contribution < -0.4 is 15.5 Å². The van der Waals surface area contributed by atoms with Crippen LogP contribution in [0.15, 0.2) is 72.0 Å². The number of guanidine groups is 1. The van der Waals surface area contributed by atoms with E-state index >= 15 is 0 Å². The van der Waals surface area contributed by atoms with Crippen molar-refractivity contribution < 1.29 is 4.74 Å². The fourth-order valence-electron chi connectivity index (χ4n) is 3.89. The Morgan fingerprint density at radius 1 is 0.969 bits per heavy atom. The minimum atomic E-state index is 0.623. The Morgan fingerprint density at radius 3 is 2.47 bits per heavy atom. The summed E-state index contributed by atoms with van der Waals surface area (Å²) in [5.74, 6) is 0.818. The number of aliphatic imine (C=N–C) groups is 1. The van der Waals surface area contributed by atoms with Gasteiger partial charge in [-0.25, -0.2) is 4.99 Å². The number of benzene rings is 2. The van der Waals surface area contributed by atoms with Gasteiger partial charge in [0.1, 0.15) is 0 Å². The van der Waals surface area contributed by atoms with E-state index in [1.54, 1.807) is 0 Å². The molecule has 3 aromatic rings. The maximum Gasteiger partial charge on any atom is 0.191 e. The second-order valence-electron chi connectivity index (χ2n) is 7.75. The molecule has 2 N–H and O–H groups in total. The number of ether oxygens (including phenoxy) is 1. The second kappa shape index (κ2) is 11.3. The van der Waals surface area contributed by atoms with Gasteiger partial charge in [0.05, 0.1) is 26.3 Å². The van der Waals surface area contributed by atoms with Crippen LogP contribution in [0.25, 0.3) is 0 Å². The Kier molecular flexibility index (Phi) is 7.76. The molecule has 0 amide bonds. The Morgan fingerprint density at radius 2 is 1.72 bits per heavy atom. The molecule has 4 rings (SSSR count). The molecule has 2 aromatic carbocycles. The zero-order valence-electron chi connectivity index (χ0n) is 18.7. The number of rotatable bonds is 8. The fourth-order valence-corrected chi connectivity index (χ4v) is 3.89. The van der Waals surface area contributed by atoms with Gasteiger partial charge in [-0.1, -0.05) is 42.5 Å². The van der Waals surface area contributed by atoms with Crippen molar-refractivity contribution in [2.24, 2.45) is 4.99 Å². The van der Waals surface area contributed by atoms with E-state index in [1.165, 1.54) is 22.4 Å². The summed E-state index contributed by atoms with van der Waals surface area (Å²) in [5.41, 5.74) is 4.96. The molecule has 32 heavy (non-hydrogen) atoms. The molecule has 7 nitrogen and oxygen atoms in total. The summed E-state index contributed by atoms with van der Waals surface area (Å²) in [6.45, 7) is 8.38. The predicted octanol–water partition coefficient (Wildman–Crippen LogP) is 3.02. The van der Waals surface area contributed by atoms with Gasteiger partial charge in [0.25, 0.3) is 0 Å². The van der Waals surface area contributed by atoms with Crippen LogP contribution in [0.4, 0.5) is 5.69 Å². The molecule has 0 radical (unpaired) electrons. The second-order valence-corrected chi connectivity index (χ2v) is 7.75. The van der Waals surface area contributed by atoms with Crippen LogP contribution in [0.5, 0.6) is 0 Å². The van der Waals surface area contributed by atoms with Crippen LogP contribution in [0, 0.1) is 0 Å². The molecule has 0 saturated carbocycles. The van der Waals surface area contributed by atoms with E-state index in [1.807, 2.05) is 23.1 Å². The molecular weight excluding hydrogens is 400 g/mol. The largest absolute Gasteiger partial charge is 0.378 e. The molecule has 1 fully saturated rings. The Labute approximate surface area is 190 Å². The van der Waals surface area contributed by atoms with Crippen molar-refractivity contribution in [3.05, 3.63) is 83.7 Å². The first-order chi connectivity index (χ1) is 15.8. The molecule has 168 valence electrons. The fraction of sp³-hybridized carbons (Fsp3) is 0.360. The molecule has 2 heterocycles. The summed E-state index contributed by atoms with van der Waals surface area (Å²) in [6, 6.07) is 18.9. The van der Waals surface area contributed by atoms with E-state index in [9.17, 15) is 0 Å². The Bertz CT molecular complexity index is 995. The van der Waals surface area contributed by atoms with Gasteiger partial charge in [0, 0.05) is 44.3 Å². The number of nitrogens with one attached hydrogen (secondary N) is 2. The molecule has 0 atom stereocenters. The van der Waals surface area contributed by atoms with Gasteiger partial charge >= 0.3 is 0 Å². The Balaban J connectivity index is 1.44. The van der Waals surface area contributed by atoms with Gasteiger partial charge < -0.3 is 20.3 Å². The van der Waals surface area contributed by atoms with Gasteiger partial charge in [-0.2, -0.15) is 5.10 Å². The van der Waals surface area contributed by atoms with Gasteiger partial charge in [-0.05, 0) is 35.7 Å². The zero-order chi connectivity index (χ0) is 22.0. The lowest BCUT2D eigenvalue weighted by molar-refractivity contribution is 0.122. The first-order valence-electron chi connectivity index (χ1n) is 11.3. The molecule has 1 saturated heterocycles. The highest BCUT2D eigenvalue weighted by Gasteiger charge is 2.14. The van der Waals surface area contributed by atoms with Gasteiger partial charge in [0.2, 0.25) is 0 Å². The first-order valence-corrected chi connectivity index (χ1v) is 11.3. The molecule has 0 unspecified atom stereocenters. The Hall–Kier alpha value is -3.32. The lowest BCUT2D eigenvalue weighted by Crippen LogP contribution is -2.37. The van der Waals surface area contributed by atoms with Gasteiger partial charge in [0.15, 0.2) is 5.96 Å². The summed E-state index contributed by atoms with van der Waals surface area (Å²) < 4.78 is 7.46. The normalized spacial score (nSPS) is 14.4. The van der Waals surface area contributed by atoms with Crippen LogP contribution in [-0.2, 0) is 24.4 Å². The van der Waals surface area contributed by atoms with E-state index in [-0.39, 0.29) is 0 Å². The van der Waals surface area contributed by atoms with Crippen LogP contribution in [0.2, 0.25) is 0 Å². The minimum Gasteiger partial charge on any atom is -0.378 e. The van der Waals surface area contributed by atoms with Crippen molar-refractivity contribution in [3.63, 3.8) is 0 Å². The number of hydrogen-bond acceptors (Lipinski definition) is 4. The number of morpholine rings is 1.